The first-order chi connectivity index (χ1) is 9.02. The first-order valence-corrected chi connectivity index (χ1v) is 7.25. The van der Waals surface area contributed by atoms with Crippen LogP contribution in [0.4, 0.5) is 5.13 Å². The molecule has 0 spiro atoms. The normalized spacial score (nSPS) is 19.7. The Balaban J connectivity index is 1.96. The van der Waals surface area contributed by atoms with E-state index in [-0.39, 0.29) is 11.9 Å². The van der Waals surface area contributed by atoms with Crippen LogP contribution in [0, 0.1) is 13.8 Å². The maximum absolute atomic E-state index is 8.72. The lowest BCUT2D eigenvalue weighted by Gasteiger charge is -2.37. The highest BCUT2D eigenvalue weighted by molar-refractivity contribution is 7.15. The maximum Gasteiger partial charge on any atom is 0.185 e. The summed E-state index contributed by atoms with van der Waals surface area (Å²) in [6.07, 6.45) is 0. The van der Waals surface area contributed by atoms with Gasteiger partial charge in [-0.2, -0.15) is 0 Å². The average molecular weight is 283 g/mol. The number of aromatic nitrogens is 1. The number of hydrogen-bond donors (Lipinski definition) is 2. The molecule has 0 aliphatic carbocycles. The molecule has 0 bridgehead atoms. The second-order valence-electron chi connectivity index (χ2n) is 4.86. The zero-order valence-corrected chi connectivity index (χ0v) is 12.4. The number of amidine groups is 1. The number of oxime groups is 1. The van der Waals surface area contributed by atoms with Crippen molar-refractivity contribution in [3.63, 3.8) is 0 Å². The van der Waals surface area contributed by atoms with E-state index in [9.17, 15) is 0 Å². The van der Waals surface area contributed by atoms with Crippen molar-refractivity contribution in [3.05, 3.63) is 10.6 Å². The van der Waals surface area contributed by atoms with Gasteiger partial charge in [0.2, 0.25) is 0 Å². The van der Waals surface area contributed by atoms with Gasteiger partial charge in [0.15, 0.2) is 11.0 Å². The first kappa shape index (κ1) is 14.1. The van der Waals surface area contributed by atoms with Crippen molar-refractivity contribution in [2.45, 2.75) is 26.8 Å². The molecule has 0 amide bonds. The molecule has 0 saturated carbocycles. The molecule has 1 aliphatic rings. The number of thiazole rings is 1. The summed E-state index contributed by atoms with van der Waals surface area (Å²) in [6, 6.07) is -0.0214. The lowest BCUT2D eigenvalue weighted by atomic mass is 10.2. The number of nitrogens with zero attached hydrogens (tertiary/aromatic N) is 4. The van der Waals surface area contributed by atoms with Crippen LogP contribution in [-0.4, -0.2) is 53.1 Å². The Morgan fingerprint density at radius 2 is 2.00 bits per heavy atom. The average Bonchev–Trinajstić information content (AvgIpc) is 2.77. The van der Waals surface area contributed by atoms with Gasteiger partial charge in [-0.25, -0.2) is 4.98 Å². The second kappa shape index (κ2) is 5.75. The van der Waals surface area contributed by atoms with Crippen LogP contribution < -0.4 is 10.6 Å². The molecule has 7 heteroatoms. The molecule has 2 heterocycles. The number of piperazine rings is 1. The van der Waals surface area contributed by atoms with Gasteiger partial charge in [0, 0.05) is 31.1 Å². The zero-order valence-electron chi connectivity index (χ0n) is 11.6. The fourth-order valence-corrected chi connectivity index (χ4v) is 3.12. The summed E-state index contributed by atoms with van der Waals surface area (Å²) >= 11 is 1.75. The molecule has 1 aromatic rings. The summed E-state index contributed by atoms with van der Waals surface area (Å²) in [4.78, 5) is 10.4. The summed E-state index contributed by atoms with van der Waals surface area (Å²) in [7, 11) is 0. The van der Waals surface area contributed by atoms with E-state index in [1.54, 1.807) is 11.3 Å². The fraction of sp³-hybridized carbons (Fsp3) is 0.667. The highest BCUT2D eigenvalue weighted by atomic mass is 32.1. The summed E-state index contributed by atoms with van der Waals surface area (Å²) in [5, 5.41) is 12.9. The third-order valence-electron chi connectivity index (χ3n) is 3.69. The summed E-state index contributed by atoms with van der Waals surface area (Å²) < 4.78 is 0. The van der Waals surface area contributed by atoms with Gasteiger partial charge in [0.1, 0.15) is 0 Å². The van der Waals surface area contributed by atoms with E-state index in [0.717, 1.165) is 37.0 Å². The molecular weight excluding hydrogens is 262 g/mol. The Hall–Kier alpha value is -1.34. The lowest BCUT2D eigenvalue weighted by molar-refractivity contribution is 0.230. The van der Waals surface area contributed by atoms with Crippen LogP contribution >= 0.6 is 11.3 Å². The van der Waals surface area contributed by atoms with Gasteiger partial charge in [0.25, 0.3) is 0 Å². The highest BCUT2D eigenvalue weighted by Crippen LogP contribution is 2.26. The molecular formula is C12H21N5OS. The molecule has 6 nitrogen and oxygen atoms in total. The van der Waals surface area contributed by atoms with Crippen LogP contribution in [-0.2, 0) is 0 Å². The van der Waals surface area contributed by atoms with E-state index < -0.39 is 0 Å². The number of aryl methyl sites for hydroxylation is 2. The second-order valence-corrected chi connectivity index (χ2v) is 6.04. The first-order valence-electron chi connectivity index (χ1n) is 6.43. The monoisotopic (exact) mass is 283 g/mol. The molecule has 106 valence electrons. The third-order valence-corrected chi connectivity index (χ3v) is 4.83. The number of nitrogens with two attached hydrogens (primary N) is 1. The lowest BCUT2D eigenvalue weighted by Crippen LogP contribution is -2.53. The summed E-state index contributed by atoms with van der Waals surface area (Å²) in [5.41, 5.74) is 6.77. The van der Waals surface area contributed by atoms with Crippen molar-refractivity contribution in [1.82, 2.24) is 9.88 Å². The molecule has 2 rings (SSSR count). The van der Waals surface area contributed by atoms with Crippen molar-refractivity contribution in [1.29, 1.82) is 0 Å². The molecule has 0 aromatic carbocycles. The van der Waals surface area contributed by atoms with Crippen LogP contribution in [0.25, 0.3) is 0 Å². The number of rotatable bonds is 3. The number of anilines is 1. The molecule has 0 radical (unpaired) electrons. The van der Waals surface area contributed by atoms with E-state index in [1.807, 2.05) is 13.8 Å². The number of hydrogen-bond acceptors (Lipinski definition) is 6. The van der Waals surface area contributed by atoms with E-state index in [4.69, 9.17) is 10.9 Å². The smallest absolute Gasteiger partial charge is 0.185 e. The molecule has 1 unspecified atom stereocenters. The van der Waals surface area contributed by atoms with Gasteiger partial charge in [-0.3, -0.25) is 4.90 Å². The Morgan fingerprint density at radius 3 is 2.47 bits per heavy atom. The highest BCUT2D eigenvalue weighted by Gasteiger charge is 2.24. The summed E-state index contributed by atoms with van der Waals surface area (Å²) in [6.45, 7) is 9.76. The van der Waals surface area contributed by atoms with Crippen LogP contribution in [0.5, 0.6) is 0 Å². The van der Waals surface area contributed by atoms with E-state index in [2.05, 4.69) is 26.9 Å². The van der Waals surface area contributed by atoms with Crippen molar-refractivity contribution < 1.29 is 5.21 Å². The predicted octanol–water partition coefficient (Wildman–Crippen LogP) is 1.02. The molecule has 1 aliphatic heterocycles. The SMILES string of the molecule is Cc1nc(N2CCN(C(C)C(N)=NO)CC2)sc1C. The molecule has 1 saturated heterocycles. The summed E-state index contributed by atoms with van der Waals surface area (Å²) in [5.74, 6) is 0.273. The van der Waals surface area contributed by atoms with Gasteiger partial charge < -0.3 is 15.8 Å². The molecule has 19 heavy (non-hydrogen) atoms. The van der Waals surface area contributed by atoms with Gasteiger partial charge in [-0.1, -0.05) is 5.16 Å². The third kappa shape index (κ3) is 2.98. The van der Waals surface area contributed by atoms with Gasteiger partial charge >= 0.3 is 0 Å². The van der Waals surface area contributed by atoms with Crippen LogP contribution in [0.15, 0.2) is 5.16 Å². The van der Waals surface area contributed by atoms with Crippen molar-refractivity contribution >= 4 is 22.3 Å². The van der Waals surface area contributed by atoms with Gasteiger partial charge in [-0.15, -0.1) is 11.3 Å². The molecule has 1 aromatic heterocycles. The molecule has 1 fully saturated rings. The maximum atomic E-state index is 8.72. The minimum atomic E-state index is -0.0214. The van der Waals surface area contributed by atoms with Crippen LogP contribution in [0.2, 0.25) is 0 Å². The van der Waals surface area contributed by atoms with Crippen molar-refractivity contribution in [2.75, 3.05) is 31.1 Å². The molecule has 3 N–H and O–H groups in total. The molecule has 1 atom stereocenters. The van der Waals surface area contributed by atoms with Gasteiger partial charge in [-0.05, 0) is 20.8 Å². The Labute approximate surface area is 117 Å². The standard InChI is InChI=1S/C12H21N5OS/c1-8-10(3)19-12(14-8)17-6-4-16(5-7-17)9(2)11(13)15-18/h9,18H,4-7H2,1-3H3,(H2,13,15). The zero-order chi connectivity index (χ0) is 14.0. The van der Waals surface area contributed by atoms with Crippen LogP contribution in [0.3, 0.4) is 0 Å². The minimum Gasteiger partial charge on any atom is -0.409 e. The van der Waals surface area contributed by atoms with E-state index in [0.29, 0.717) is 0 Å². The fourth-order valence-electron chi connectivity index (χ4n) is 2.16. The quantitative estimate of drug-likeness (QED) is 0.375. The topological polar surface area (TPSA) is 78.0 Å². The van der Waals surface area contributed by atoms with Crippen LogP contribution in [0.1, 0.15) is 17.5 Å². The Morgan fingerprint density at radius 1 is 1.37 bits per heavy atom. The largest absolute Gasteiger partial charge is 0.409 e. The van der Waals surface area contributed by atoms with E-state index in [1.165, 1.54) is 4.88 Å². The van der Waals surface area contributed by atoms with E-state index >= 15 is 0 Å². The van der Waals surface area contributed by atoms with Gasteiger partial charge in [0.05, 0.1) is 11.7 Å². The predicted molar refractivity (Wildman–Crippen MR) is 78.2 cm³/mol. The Bertz CT molecular complexity index is 445. The Kier molecular flexibility index (Phi) is 4.26. The minimum absolute atomic E-state index is 0.0214. The van der Waals surface area contributed by atoms with Crippen molar-refractivity contribution in [2.24, 2.45) is 10.9 Å². The van der Waals surface area contributed by atoms with Crippen molar-refractivity contribution in [3.8, 4) is 0 Å².